The molecule has 0 aromatic heterocycles. The number of aryl methyl sites for hydroxylation is 1. The predicted octanol–water partition coefficient (Wildman–Crippen LogP) is 2.72. The van der Waals surface area contributed by atoms with Gasteiger partial charge in [-0.05, 0) is 51.0 Å². The Kier molecular flexibility index (Phi) is 9.53. The molecule has 0 saturated heterocycles. The van der Waals surface area contributed by atoms with Crippen molar-refractivity contribution < 1.29 is 27.5 Å². The number of carbonyl (C=O) groups is 2. The second-order valence-corrected chi connectivity index (χ2v) is 10.5. The smallest absolute Gasteiger partial charge is 0.244 e. The summed E-state index contributed by atoms with van der Waals surface area (Å²) in [6.45, 7) is 6.83. The summed E-state index contributed by atoms with van der Waals surface area (Å²) in [4.78, 5) is 27.9. The van der Waals surface area contributed by atoms with Crippen LogP contribution < -0.4 is 19.1 Å². The minimum atomic E-state index is -3.90. The van der Waals surface area contributed by atoms with Crippen LogP contribution in [0.5, 0.6) is 11.5 Å². The van der Waals surface area contributed by atoms with Crippen LogP contribution in [-0.2, 0) is 26.2 Å². The van der Waals surface area contributed by atoms with Gasteiger partial charge in [-0.2, -0.15) is 0 Å². The summed E-state index contributed by atoms with van der Waals surface area (Å²) < 4.78 is 37.2. The van der Waals surface area contributed by atoms with E-state index in [1.165, 1.54) is 25.2 Å². The molecule has 0 bridgehead atoms. The van der Waals surface area contributed by atoms with Crippen molar-refractivity contribution in [2.75, 3.05) is 31.3 Å². The maximum atomic E-state index is 13.6. The summed E-state index contributed by atoms with van der Waals surface area (Å²) in [7, 11) is -1.03. The van der Waals surface area contributed by atoms with E-state index < -0.39 is 28.5 Å². The Morgan fingerprint density at radius 1 is 1.03 bits per heavy atom. The van der Waals surface area contributed by atoms with E-state index in [0.717, 1.165) is 21.7 Å². The van der Waals surface area contributed by atoms with E-state index in [2.05, 4.69) is 5.32 Å². The Balaban J connectivity index is 2.50. The molecule has 10 heteroatoms. The van der Waals surface area contributed by atoms with Gasteiger partial charge in [0.2, 0.25) is 21.8 Å². The predicted molar refractivity (Wildman–Crippen MR) is 136 cm³/mol. The van der Waals surface area contributed by atoms with Crippen molar-refractivity contribution in [3.8, 4) is 11.5 Å². The topological polar surface area (TPSA) is 105 Å². The van der Waals surface area contributed by atoms with Crippen LogP contribution in [0.3, 0.4) is 0 Å². The lowest BCUT2D eigenvalue weighted by Gasteiger charge is -2.32. The molecule has 0 saturated carbocycles. The SMILES string of the molecule is COc1ccc(OC)c(N(CC(=O)N(Cc2ccccc2C)[C@H](C)C(=O)NC(C)C)S(C)(=O)=O)c1. The van der Waals surface area contributed by atoms with Gasteiger partial charge in [0.25, 0.3) is 0 Å². The number of hydrogen-bond donors (Lipinski definition) is 1. The van der Waals surface area contributed by atoms with Gasteiger partial charge < -0.3 is 19.7 Å². The first-order chi connectivity index (χ1) is 16.4. The first-order valence-electron chi connectivity index (χ1n) is 11.2. The minimum Gasteiger partial charge on any atom is -0.497 e. The lowest BCUT2D eigenvalue weighted by atomic mass is 10.1. The molecule has 9 nitrogen and oxygen atoms in total. The van der Waals surface area contributed by atoms with E-state index in [4.69, 9.17) is 9.47 Å². The molecule has 0 aliphatic heterocycles. The van der Waals surface area contributed by atoms with Crippen LogP contribution in [0.1, 0.15) is 31.9 Å². The Hall–Kier alpha value is -3.27. The summed E-state index contributed by atoms with van der Waals surface area (Å²) in [5.74, 6) is -0.190. The molecule has 192 valence electrons. The van der Waals surface area contributed by atoms with E-state index in [1.807, 2.05) is 45.0 Å². The van der Waals surface area contributed by atoms with Crippen molar-refractivity contribution in [1.82, 2.24) is 10.2 Å². The number of ether oxygens (including phenoxy) is 2. The van der Waals surface area contributed by atoms with E-state index in [9.17, 15) is 18.0 Å². The first-order valence-corrected chi connectivity index (χ1v) is 13.1. The highest BCUT2D eigenvalue weighted by molar-refractivity contribution is 7.92. The van der Waals surface area contributed by atoms with Gasteiger partial charge in [-0.1, -0.05) is 24.3 Å². The van der Waals surface area contributed by atoms with E-state index in [1.54, 1.807) is 19.1 Å². The molecule has 2 aromatic carbocycles. The molecule has 1 N–H and O–H groups in total. The van der Waals surface area contributed by atoms with Gasteiger partial charge in [0, 0.05) is 18.7 Å². The summed E-state index contributed by atoms with van der Waals surface area (Å²) in [5, 5.41) is 2.83. The van der Waals surface area contributed by atoms with Gasteiger partial charge in [0.05, 0.1) is 26.2 Å². The third-order valence-electron chi connectivity index (χ3n) is 5.53. The monoisotopic (exact) mass is 505 g/mol. The van der Waals surface area contributed by atoms with Gasteiger partial charge >= 0.3 is 0 Å². The quantitative estimate of drug-likeness (QED) is 0.504. The molecule has 0 aliphatic rings. The Labute approximate surface area is 208 Å². The van der Waals surface area contributed by atoms with Crippen LogP contribution in [-0.4, -0.2) is 64.2 Å². The zero-order valence-corrected chi connectivity index (χ0v) is 22.2. The van der Waals surface area contributed by atoms with Crippen molar-refractivity contribution in [3.63, 3.8) is 0 Å². The lowest BCUT2D eigenvalue weighted by molar-refractivity contribution is -0.139. The number of benzene rings is 2. The number of nitrogens with zero attached hydrogens (tertiary/aromatic N) is 2. The van der Waals surface area contributed by atoms with Crippen molar-refractivity contribution in [2.24, 2.45) is 0 Å². The fraction of sp³-hybridized carbons (Fsp3) is 0.440. The first kappa shape index (κ1) is 28.0. The molecule has 0 aliphatic carbocycles. The Morgan fingerprint density at radius 2 is 1.69 bits per heavy atom. The molecule has 0 unspecified atom stereocenters. The zero-order valence-electron chi connectivity index (χ0n) is 21.4. The van der Waals surface area contributed by atoms with Crippen LogP contribution in [0.15, 0.2) is 42.5 Å². The van der Waals surface area contributed by atoms with Gasteiger partial charge in [-0.3, -0.25) is 13.9 Å². The number of anilines is 1. The number of sulfonamides is 1. The molecule has 35 heavy (non-hydrogen) atoms. The van der Waals surface area contributed by atoms with E-state index >= 15 is 0 Å². The number of hydrogen-bond acceptors (Lipinski definition) is 6. The number of amides is 2. The molecule has 2 aromatic rings. The number of rotatable bonds is 11. The van der Waals surface area contributed by atoms with Gasteiger partial charge in [0.1, 0.15) is 24.1 Å². The fourth-order valence-electron chi connectivity index (χ4n) is 3.55. The van der Waals surface area contributed by atoms with Gasteiger partial charge in [-0.15, -0.1) is 0 Å². The second-order valence-electron chi connectivity index (χ2n) is 8.59. The van der Waals surface area contributed by atoms with Crippen LogP contribution >= 0.6 is 0 Å². The van der Waals surface area contributed by atoms with Crippen LogP contribution in [0.4, 0.5) is 5.69 Å². The standard InChI is InChI=1S/C25H35N3O6S/c1-17(2)26-25(30)19(4)27(15-20-11-9-8-10-18(20)3)24(29)16-28(35(7,31)32)22-14-21(33-5)12-13-23(22)34-6/h8-14,17,19H,15-16H2,1-7H3,(H,26,30)/t19-/m1/s1. The zero-order chi connectivity index (χ0) is 26.3. The van der Waals surface area contributed by atoms with E-state index in [-0.39, 0.29) is 29.9 Å². The summed E-state index contributed by atoms with van der Waals surface area (Å²) >= 11 is 0. The van der Waals surface area contributed by atoms with Gasteiger partial charge in [0.15, 0.2) is 0 Å². The summed E-state index contributed by atoms with van der Waals surface area (Å²) in [6.07, 6.45) is 1.01. The van der Waals surface area contributed by atoms with Crippen molar-refractivity contribution >= 4 is 27.5 Å². The molecular weight excluding hydrogens is 470 g/mol. The number of carbonyl (C=O) groups excluding carboxylic acids is 2. The van der Waals surface area contributed by atoms with Crippen LogP contribution in [0.25, 0.3) is 0 Å². The molecule has 0 heterocycles. The number of methoxy groups -OCH3 is 2. The lowest BCUT2D eigenvalue weighted by Crippen LogP contribution is -2.52. The minimum absolute atomic E-state index is 0.117. The highest BCUT2D eigenvalue weighted by atomic mass is 32.2. The van der Waals surface area contributed by atoms with Crippen LogP contribution in [0.2, 0.25) is 0 Å². The second kappa shape index (κ2) is 11.9. The van der Waals surface area contributed by atoms with Crippen molar-refractivity contribution in [3.05, 3.63) is 53.6 Å². The normalized spacial score (nSPS) is 12.1. The molecule has 2 rings (SSSR count). The number of nitrogens with one attached hydrogen (secondary N) is 1. The van der Waals surface area contributed by atoms with E-state index in [0.29, 0.717) is 5.75 Å². The van der Waals surface area contributed by atoms with Crippen molar-refractivity contribution in [1.29, 1.82) is 0 Å². The van der Waals surface area contributed by atoms with Crippen molar-refractivity contribution in [2.45, 2.75) is 46.3 Å². The van der Waals surface area contributed by atoms with Gasteiger partial charge in [-0.25, -0.2) is 8.42 Å². The summed E-state index contributed by atoms with van der Waals surface area (Å²) in [6, 6.07) is 11.3. The Bertz CT molecular complexity index is 1150. The third-order valence-corrected chi connectivity index (χ3v) is 6.66. The molecule has 2 amide bonds. The fourth-order valence-corrected chi connectivity index (χ4v) is 4.39. The maximum absolute atomic E-state index is 13.6. The largest absolute Gasteiger partial charge is 0.497 e. The third kappa shape index (κ3) is 7.35. The molecular formula is C25H35N3O6S. The molecule has 0 fully saturated rings. The molecule has 1 atom stereocenters. The van der Waals surface area contributed by atoms with Crippen LogP contribution in [0, 0.1) is 6.92 Å². The highest BCUT2D eigenvalue weighted by Crippen LogP contribution is 2.34. The average Bonchev–Trinajstić information content (AvgIpc) is 2.79. The molecule has 0 spiro atoms. The molecule has 0 radical (unpaired) electrons. The Morgan fingerprint density at radius 3 is 2.23 bits per heavy atom. The summed E-state index contributed by atoms with van der Waals surface area (Å²) in [5.41, 5.74) is 1.98. The maximum Gasteiger partial charge on any atom is 0.244 e. The highest BCUT2D eigenvalue weighted by Gasteiger charge is 2.31. The average molecular weight is 506 g/mol.